The van der Waals surface area contributed by atoms with E-state index in [-0.39, 0.29) is 29.9 Å². The van der Waals surface area contributed by atoms with Crippen molar-refractivity contribution in [1.29, 1.82) is 0 Å². The molecule has 0 aliphatic carbocycles. The number of rotatable bonds is 7. The van der Waals surface area contributed by atoms with E-state index in [0.717, 1.165) is 6.07 Å². The van der Waals surface area contributed by atoms with Crippen LogP contribution in [0.25, 0.3) is 0 Å². The predicted molar refractivity (Wildman–Crippen MR) is 86.5 cm³/mol. The molecule has 0 saturated carbocycles. The van der Waals surface area contributed by atoms with Crippen molar-refractivity contribution in [2.45, 2.75) is 59.0 Å². The first-order valence-electron chi connectivity index (χ1n) is 7.90. The molecule has 0 fully saturated rings. The minimum absolute atomic E-state index is 0.0243. The zero-order valence-corrected chi connectivity index (χ0v) is 14.4. The van der Waals surface area contributed by atoms with Crippen LogP contribution in [0.1, 0.15) is 45.2 Å². The standard InChI is InChI=1S/C17H25F3N2O2/c1-10(2)7-15(21)16(23)22-9-12-5-6-13(24-11(3)4)8-14(12)17(18,19)20/h5-6,8,10-11,15H,7,9,21H2,1-4H3,(H,22,23)/t15-/m0/s1. The number of nitrogens with one attached hydrogen (secondary N) is 1. The molecule has 1 amide bonds. The number of hydrogen-bond donors (Lipinski definition) is 2. The van der Waals surface area contributed by atoms with Crippen LogP contribution >= 0.6 is 0 Å². The van der Waals surface area contributed by atoms with Gasteiger partial charge >= 0.3 is 6.18 Å². The number of nitrogens with two attached hydrogens (primary N) is 1. The lowest BCUT2D eigenvalue weighted by molar-refractivity contribution is -0.138. The summed E-state index contributed by atoms with van der Waals surface area (Å²) in [6.07, 6.45) is -4.29. The number of hydrogen-bond acceptors (Lipinski definition) is 3. The number of benzene rings is 1. The van der Waals surface area contributed by atoms with Crippen LogP contribution < -0.4 is 15.8 Å². The normalized spacial score (nSPS) is 13.2. The summed E-state index contributed by atoms with van der Waals surface area (Å²) in [5.74, 6) is -0.0906. The van der Waals surface area contributed by atoms with Crippen molar-refractivity contribution in [2.24, 2.45) is 11.7 Å². The Balaban J connectivity index is 2.89. The van der Waals surface area contributed by atoms with Crippen molar-refractivity contribution in [3.05, 3.63) is 29.3 Å². The van der Waals surface area contributed by atoms with Crippen molar-refractivity contribution in [1.82, 2.24) is 5.32 Å². The van der Waals surface area contributed by atoms with Crippen LogP contribution in [-0.2, 0) is 17.5 Å². The summed E-state index contributed by atoms with van der Waals surface area (Å²) in [5, 5.41) is 2.47. The van der Waals surface area contributed by atoms with Gasteiger partial charge in [-0.25, -0.2) is 0 Å². The number of ether oxygens (including phenoxy) is 1. The smallest absolute Gasteiger partial charge is 0.416 e. The van der Waals surface area contributed by atoms with Crippen LogP contribution in [0.4, 0.5) is 13.2 Å². The minimum Gasteiger partial charge on any atom is -0.491 e. The predicted octanol–water partition coefficient (Wildman–Crippen LogP) is 3.48. The first kappa shape index (κ1) is 20.3. The highest BCUT2D eigenvalue weighted by Crippen LogP contribution is 2.34. The van der Waals surface area contributed by atoms with E-state index in [1.807, 2.05) is 13.8 Å². The van der Waals surface area contributed by atoms with E-state index >= 15 is 0 Å². The summed E-state index contributed by atoms with van der Waals surface area (Å²) in [7, 11) is 0. The van der Waals surface area contributed by atoms with E-state index in [1.165, 1.54) is 12.1 Å². The highest BCUT2D eigenvalue weighted by molar-refractivity contribution is 5.81. The number of alkyl halides is 3. The van der Waals surface area contributed by atoms with Crippen LogP contribution in [0.5, 0.6) is 5.75 Å². The first-order chi connectivity index (χ1) is 11.0. The molecule has 0 aliphatic heterocycles. The van der Waals surface area contributed by atoms with E-state index in [2.05, 4.69) is 5.32 Å². The maximum Gasteiger partial charge on any atom is 0.416 e. The molecular formula is C17H25F3N2O2. The summed E-state index contributed by atoms with van der Waals surface area (Å²) in [6.45, 7) is 7.07. The molecule has 0 aromatic heterocycles. The van der Waals surface area contributed by atoms with Gasteiger partial charge in [-0.1, -0.05) is 19.9 Å². The molecule has 7 heteroatoms. The van der Waals surface area contributed by atoms with E-state index < -0.39 is 23.7 Å². The van der Waals surface area contributed by atoms with Gasteiger partial charge in [-0.15, -0.1) is 0 Å². The van der Waals surface area contributed by atoms with Crippen molar-refractivity contribution < 1.29 is 22.7 Å². The van der Waals surface area contributed by atoms with Crippen molar-refractivity contribution in [3.63, 3.8) is 0 Å². The quantitative estimate of drug-likeness (QED) is 0.794. The van der Waals surface area contributed by atoms with Crippen LogP contribution in [0.2, 0.25) is 0 Å². The summed E-state index contributed by atoms with van der Waals surface area (Å²) in [4.78, 5) is 11.9. The molecule has 1 aromatic rings. The van der Waals surface area contributed by atoms with E-state index in [9.17, 15) is 18.0 Å². The van der Waals surface area contributed by atoms with E-state index in [4.69, 9.17) is 10.5 Å². The fraction of sp³-hybridized carbons (Fsp3) is 0.588. The van der Waals surface area contributed by atoms with Crippen LogP contribution in [-0.4, -0.2) is 18.1 Å². The lowest BCUT2D eigenvalue weighted by Crippen LogP contribution is -2.41. The molecule has 4 nitrogen and oxygen atoms in total. The van der Waals surface area contributed by atoms with Gasteiger partial charge in [-0.2, -0.15) is 13.2 Å². The van der Waals surface area contributed by atoms with Crippen molar-refractivity contribution >= 4 is 5.91 Å². The molecule has 24 heavy (non-hydrogen) atoms. The molecule has 0 unspecified atom stereocenters. The Bertz CT molecular complexity index is 557. The second-order valence-corrected chi connectivity index (χ2v) is 6.44. The van der Waals surface area contributed by atoms with Gasteiger partial charge in [-0.3, -0.25) is 4.79 Å². The molecule has 0 radical (unpaired) electrons. The first-order valence-corrected chi connectivity index (χ1v) is 7.90. The van der Waals surface area contributed by atoms with Gasteiger partial charge in [-0.05, 0) is 43.9 Å². The molecule has 0 spiro atoms. The van der Waals surface area contributed by atoms with Gasteiger partial charge in [0.25, 0.3) is 0 Å². The third-order valence-electron chi connectivity index (χ3n) is 3.27. The zero-order valence-electron chi connectivity index (χ0n) is 14.4. The molecule has 0 bridgehead atoms. The molecule has 136 valence electrons. The molecule has 0 heterocycles. The van der Waals surface area contributed by atoms with Crippen LogP contribution in [0, 0.1) is 5.92 Å². The summed E-state index contributed by atoms with van der Waals surface area (Å²) < 4.78 is 45.0. The lowest BCUT2D eigenvalue weighted by Gasteiger charge is -2.18. The lowest BCUT2D eigenvalue weighted by atomic mass is 10.0. The molecule has 0 aliphatic rings. The Morgan fingerprint density at radius 3 is 2.38 bits per heavy atom. The number of amides is 1. The zero-order chi connectivity index (χ0) is 18.5. The Morgan fingerprint density at radius 2 is 1.88 bits per heavy atom. The Hall–Kier alpha value is -1.76. The monoisotopic (exact) mass is 346 g/mol. The Labute approximate surface area is 140 Å². The highest BCUT2D eigenvalue weighted by atomic mass is 19.4. The second kappa shape index (κ2) is 8.37. The summed E-state index contributed by atoms with van der Waals surface area (Å²) >= 11 is 0. The van der Waals surface area contributed by atoms with E-state index in [0.29, 0.717) is 6.42 Å². The maximum absolute atomic E-state index is 13.2. The molecule has 1 atom stereocenters. The molecule has 3 N–H and O–H groups in total. The fourth-order valence-electron chi connectivity index (χ4n) is 2.25. The largest absolute Gasteiger partial charge is 0.491 e. The van der Waals surface area contributed by atoms with Gasteiger partial charge < -0.3 is 15.8 Å². The SMILES string of the molecule is CC(C)C[C@H](N)C(=O)NCc1ccc(OC(C)C)cc1C(F)(F)F. The van der Waals surface area contributed by atoms with Crippen LogP contribution in [0.15, 0.2) is 18.2 Å². The highest BCUT2D eigenvalue weighted by Gasteiger charge is 2.34. The summed E-state index contributed by atoms with van der Waals surface area (Å²) in [6, 6.07) is 3.00. The number of halogens is 3. The molecule has 1 rings (SSSR count). The van der Waals surface area contributed by atoms with Crippen molar-refractivity contribution in [3.8, 4) is 5.75 Å². The maximum atomic E-state index is 13.2. The Morgan fingerprint density at radius 1 is 1.25 bits per heavy atom. The van der Waals surface area contributed by atoms with Crippen LogP contribution in [0.3, 0.4) is 0 Å². The van der Waals surface area contributed by atoms with E-state index in [1.54, 1.807) is 13.8 Å². The third kappa shape index (κ3) is 6.39. The van der Waals surface area contributed by atoms with Gasteiger partial charge in [0.05, 0.1) is 17.7 Å². The number of carbonyl (C=O) groups is 1. The Kier molecular flexibility index (Phi) is 7.08. The molecule has 0 saturated heterocycles. The summed E-state index contributed by atoms with van der Waals surface area (Å²) in [5.41, 5.74) is 4.89. The van der Waals surface area contributed by atoms with Crippen molar-refractivity contribution in [2.75, 3.05) is 0 Å². The van der Waals surface area contributed by atoms with Gasteiger partial charge in [0.15, 0.2) is 0 Å². The third-order valence-corrected chi connectivity index (χ3v) is 3.27. The topological polar surface area (TPSA) is 64.4 Å². The molecule has 1 aromatic carbocycles. The van der Waals surface area contributed by atoms with Gasteiger partial charge in [0, 0.05) is 6.54 Å². The number of carbonyl (C=O) groups excluding carboxylic acids is 1. The van der Waals surface area contributed by atoms with Gasteiger partial charge in [0.2, 0.25) is 5.91 Å². The minimum atomic E-state index is -4.53. The van der Waals surface area contributed by atoms with Gasteiger partial charge in [0.1, 0.15) is 5.75 Å². The second-order valence-electron chi connectivity index (χ2n) is 6.44. The average Bonchev–Trinajstić information content (AvgIpc) is 2.43. The average molecular weight is 346 g/mol. The molecular weight excluding hydrogens is 321 g/mol. The fourth-order valence-corrected chi connectivity index (χ4v) is 2.25.